The fourth-order valence-corrected chi connectivity index (χ4v) is 3.02. The minimum absolute atomic E-state index is 0.117. The highest BCUT2D eigenvalue weighted by Crippen LogP contribution is 2.40. The Kier molecular flexibility index (Phi) is 3.02. The molecule has 2 aliphatic rings. The molecule has 0 aromatic rings. The summed E-state index contributed by atoms with van der Waals surface area (Å²) in [6.07, 6.45) is 4.27. The lowest BCUT2D eigenvalue weighted by atomic mass is 9.83. The molecule has 0 amide bonds. The molecule has 90 valence electrons. The van der Waals surface area contributed by atoms with Gasteiger partial charge in [0.2, 0.25) is 0 Å². The summed E-state index contributed by atoms with van der Waals surface area (Å²) in [6, 6.07) is -0.384. The molecule has 4 heteroatoms. The first kappa shape index (κ1) is 11.6. The first-order chi connectivity index (χ1) is 7.55. The number of nitrogens with zero attached hydrogens (tertiary/aromatic N) is 1. The number of piperidine rings is 1. The Morgan fingerprint density at radius 3 is 2.56 bits per heavy atom. The van der Waals surface area contributed by atoms with E-state index in [4.69, 9.17) is 0 Å². The second kappa shape index (κ2) is 4.17. The van der Waals surface area contributed by atoms with Gasteiger partial charge in [0.05, 0.1) is 11.5 Å². The highest BCUT2D eigenvalue weighted by Gasteiger charge is 2.52. The summed E-state index contributed by atoms with van der Waals surface area (Å²) in [7, 11) is 0. The standard InChI is InChI=1S/C12H19NO3/c1-12(11(15)16)6-5-9(14)10(12)13-7-3-2-4-8-13/h10H,2-8H2,1H3,(H,15,16)/t10-,12-/m1/s1. The van der Waals surface area contributed by atoms with Crippen LogP contribution in [0.4, 0.5) is 0 Å². The van der Waals surface area contributed by atoms with Crippen LogP contribution in [0.3, 0.4) is 0 Å². The summed E-state index contributed by atoms with van der Waals surface area (Å²) in [5, 5.41) is 9.31. The first-order valence-corrected chi connectivity index (χ1v) is 6.06. The Labute approximate surface area is 95.6 Å². The molecule has 1 saturated heterocycles. The molecule has 1 aliphatic carbocycles. The Hall–Kier alpha value is -0.900. The highest BCUT2D eigenvalue weighted by atomic mass is 16.4. The summed E-state index contributed by atoms with van der Waals surface area (Å²) in [4.78, 5) is 25.3. The fraction of sp³-hybridized carbons (Fsp3) is 0.833. The van der Waals surface area contributed by atoms with E-state index in [0.717, 1.165) is 25.9 Å². The zero-order valence-corrected chi connectivity index (χ0v) is 9.74. The van der Waals surface area contributed by atoms with Gasteiger partial charge in [0.25, 0.3) is 0 Å². The highest BCUT2D eigenvalue weighted by molar-refractivity contribution is 5.94. The third-order valence-corrected chi connectivity index (χ3v) is 4.04. The summed E-state index contributed by atoms with van der Waals surface area (Å²) in [5.41, 5.74) is -0.867. The molecule has 0 spiro atoms. The molecule has 4 nitrogen and oxygen atoms in total. The number of rotatable bonds is 2. The second-order valence-electron chi connectivity index (χ2n) is 5.19. The van der Waals surface area contributed by atoms with Crippen LogP contribution in [0.15, 0.2) is 0 Å². The summed E-state index contributed by atoms with van der Waals surface area (Å²) in [6.45, 7) is 3.47. The van der Waals surface area contributed by atoms with Crippen molar-refractivity contribution < 1.29 is 14.7 Å². The molecule has 0 aromatic heterocycles. The summed E-state index contributed by atoms with van der Waals surface area (Å²) >= 11 is 0. The number of Topliss-reactive ketones (excluding diaryl/α,β-unsaturated/α-hetero) is 1. The monoisotopic (exact) mass is 225 g/mol. The van der Waals surface area contributed by atoms with Crippen LogP contribution in [0.25, 0.3) is 0 Å². The zero-order chi connectivity index (χ0) is 11.8. The predicted molar refractivity (Wildman–Crippen MR) is 59.2 cm³/mol. The van der Waals surface area contributed by atoms with Gasteiger partial charge in [0.1, 0.15) is 0 Å². The number of hydrogen-bond acceptors (Lipinski definition) is 3. The van der Waals surface area contributed by atoms with Gasteiger partial charge in [0.15, 0.2) is 5.78 Å². The van der Waals surface area contributed by atoms with E-state index in [1.54, 1.807) is 6.92 Å². The minimum atomic E-state index is -0.867. The van der Waals surface area contributed by atoms with Gasteiger partial charge in [-0.25, -0.2) is 0 Å². The zero-order valence-electron chi connectivity index (χ0n) is 9.74. The molecule has 2 atom stereocenters. The molecule has 0 bridgehead atoms. The van der Waals surface area contributed by atoms with Crippen molar-refractivity contribution in [3.63, 3.8) is 0 Å². The SMILES string of the molecule is C[C@@]1(C(=O)O)CCC(=O)[C@H]1N1CCCCC1. The van der Waals surface area contributed by atoms with E-state index in [2.05, 4.69) is 4.90 Å². The van der Waals surface area contributed by atoms with Gasteiger partial charge in [0, 0.05) is 6.42 Å². The van der Waals surface area contributed by atoms with Crippen LogP contribution in [0.1, 0.15) is 39.0 Å². The summed E-state index contributed by atoms with van der Waals surface area (Å²) in [5.74, 6) is -0.708. The molecule has 1 N–H and O–H groups in total. The Balaban J connectivity index is 2.21. The number of carbonyl (C=O) groups excluding carboxylic acids is 1. The number of carboxylic acids is 1. The lowest BCUT2D eigenvalue weighted by molar-refractivity contribution is -0.153. The Bertz CT molecular complexity index is 309. The van der Waals surface area contributed by atoms with Crippen molar-refractivity contribution in [2.45, 2.75) is 45.1 Å². The van der Waals surface area contributed by atoms with Gasteiger partial charge in [-0.15, -0.1) is 0 Å². The van der Waals surface area contributed by atoms with Crippen LogP contribution >= 0.6 is 0 Å². The van der Waals surface area contributed by atoms with Crippen molar-refractivity contribution in [1.29, 1.82) is 0 Å². The first-order valence-electron chi connectivity index (χ1n) is 6.06. The maximum atomic E-state index is 11.9. The number of likely N-dealkylation sites (tertiary alicyclic amines) is 1. The smallest absolute Gasteiger partial charge is 0.311 e. The van der Waals surface area contributed by atoms with Crippen molar-refractivity contribution >= 4 is 11.8 Å². The van der Waals surface area contributed by atoms with E-state index in [1.807, 2.05) is 0 Å². The average molecular weight is 225 g/mol. The third-order valence-electron chi connectivity index (χ3n) is 4.04. The molecule has 1 heterocycles. The summed E-state index contributed by atoms with van der Waals surface area (Å²) < 4.78 is 0. The molecule has 1 saturated carbocycles. The van der Waals surface area contributed by atoms with Crippen molar-refractivity contribution in [2.75, 3.05) is 13.1 Å². The maximum absolute atomic E-state index is 11.9. The van der Waals surface area contributed by atoms with Crippen LogP contribution in [-0.2, 0) is 9.59 Å². The number of hydrogen-bond donors (Lipinski definition) is 1. The van der Waals surface area contributed by atoms with Crippen LogP contribution < -0.4 is 0 Å². The minimum Gasteiger partial charge on any atom is -0.481 e. The molecule has 1 aliphatic heterocycles. The van der Waals surface area contributed by atoms with E-state index in [-0.39, 0.29) is 11.8 Å². The Morgan fingerprint density at radius 1 is 1.38 bits per heavy atom. The van der Waals surface area contributed by atoms with Gasteiger partial charge >= 0.3 is 5.97 Å². The molecule has 0 unspecified atom stereocenters. The van der Waals surface area contributed by atoms with Crippen LogP contribution in [0, 0.1) is 5.41 Å². The van der Waals surface area contributed by atoms with Crippen LogP contribution in [0.2, 0.25) is 0 Å². The van der Waals surface area contributed by atoms with Gasteiger partial charge in [-0.05, 0) is 39.3 Å². The Morgan fingerprint density at radius 2 is 2.00 bits per heavy atom. The molecule has 0 radical (unpaired) electrons. The van der Waals surface area contributed by atoms with Gasteiger partial charge in [-0.2, -0.15) is 0 Å². The number of carboxylic acid groups (broad SMARTS) is 1. The second-order valence-corrected chi connectivity index (χ2v) is 5.19. The van der Waals surface area contributed by atoms with E-state index in [9.17, 15) is 14.7 Å². The van der Waals surface area contributed by atoms with Crippen molar-refractivity contribution in [3.8, 4) is 0 Å². The lowest BCUT2D eigenvalue weighted by Crippen LogP contribution is -2.52. The molecule has 2 rings (SSSR count). The quantitative estimate of drug-likeness (QED) is 0.769. The molecular weight excluding hydrogens is 206 g/mol. The van der Waals surface area contributed by atoms with Gasteiger partial charge in [-0.1, -0.05) is 6.42 Å². The topological polar surface area (TPSA) is 57.6 Å². The van der Waals surface area contributed by atoms with Crippen molar-refractivity contribution in [3.05, 3.63) is 0 Å². The van der Waals surface area contributed by atoms with Crippen LogP contribution in [-0.4, -0.2) is 40.9 Å². The lowest BCUT2D eigenvalue weighted by Gasteiger charge is -2.37. The molecule has 0 aromatic carbocycles. The van der Waals surface area contributed by atoms with Crippen molar-refractivity contribution in [2.24, 2.45) is 5.41 Å². The van der Waals surface area contributed by atoms with Crippen molar-refractivity contribution in [1.82, 2.24) is 4.90 Å². The van der Waals surface area contributed by atoms with Crippen LogP contribution in [0.5, 0.6) is 0 Å². The maximum Gasteiger partial charge on any atom is 0.311 e. The van der Waals surface area contributed by atoms with E-state index in [0.29, 0.717) is 12.8 Å². The molecular formula is C12H19NO3. The normalized spacial score (nSPS) is 36.6. The fourth-order valence-electron chi connectivity index (χ4n) is 3.02. The van der Waals surface area contributed by atoms with Gasteiger partial charge < -0.3 is 5.11 Å². The molecule has 16 heavy (non-hydrogen) atoms. The number of aliphatic carboxylic acids is 1. The number of ketones is 1. The van der Waals surface area contributed by atoms with E-state index in [1.165, 1.54) is 6.42 Å². The third kappa shape index (κ3) is 1.75. The largest absolute Gasteiger partial charge is 0.481 e. The van der Waals surface area contributed by atoms with Gasteiger partial charge in [-0.3, -0.25) is 14.5 Å². The predicted octanol–water partition coefficient (Wildman–Crippen LogP) is 1.29. The van der Waals surface area contributed by atoms with E-state index >= 15 is 0 Å². The van der Waals surface area contributed by atoms with E-state index < -0.39 is 11.4 Å². The number of carbonyl (C=O) groups is 2. The molecule has 2 fully saturated rings. The average Bonchev–Trinajstić information content (AvgIpc) is 2.57.